The van der Waals surface area contributed by atoms with Crippen molar-refractivity contribution in [3.63, 3.8) is 0 Å². The van der Waals surface area contributed by atoms with Crippen LogP contribution in [0, 0.1) is 0 Å². The molecule has 1 fully saturated rings. The number of hydrogen-bond donors (Lipinski definition) is 0. The molecule has 0 aliphatic carbocycles. The average Bonchev–Trinajstić information content (AvgIpc) is 2.58. The Kier molecular flexibility index (Phi) is 7.77. The SMILES string of the molecule is C=NS(=O)c1ccccc1CCCCCOC1CCCCO1. The molecule has 0 saturated carbocycles. The molecule has 0 aromatic heterocycles. The zero-order valence-electron chi connectivity index (χ0n) is 13.0. The third-order valence-corrected chi connectivity index (χ3v) is 4.82. The summed E-state index contributed by atoms with van der Waals surface area (Å²) in [5.74, 6) is 0. The lowest BCUT2D eigenvalue weighted by molar-refractivity contribution is -0.162. The summed E-state index contributed by atoms with van der Waals surface area (Å²) in [5.41, 5.74) is 1.10. The quantitative estimate of drug-likeness (QED) is 0.514. The van der Waals surface area contributed by atoms with Gasteiger partial charge in [0.05, 0.1) is 4.90 Å². The number of nitrogens with zero attached hydrogens (tertiary/aromatic N) is 1. The maximum Gasteiger partial charge on any atom is 0.172 e. The largest absolute Gasteiger partial charge is 0.353 e. The van der Waals surface area contributed by atoms with Crippen LogP contribution in [0.2, 0.25) is 0 Å². The van der Waals surface area contributed by atoms with E-state index in [1.807, 2.05) is 24.3 Å². The minimum atomic E-state index is -1.34. The van der Waals surface area contributed by atoms with Crippen LogP contribution < -0.4 is 0 Å². The molecular weight excluding hydrogens is 298 g/mol. The predicted octanol–water partition coefficient (Wildman–Crippen LogP) is 3.67. The van der Waals surface area contributed by atoms with Crippen molar-refractivity contribution in [1.82, 2.24) is 0 Å². The summed E-state index contributed by atoms with van der Waals surface area (Å²) in [6, 6.07) is 7.75. The topological polar surface area (TPSA) is 47.9 Å². The summed E-state index contributed by atoms with van der Waals surface area (Å²) >= 11 is 0. The van der Waals surface area contributed by atoms with Crippen molar-refractivity contribution in [3.05, 3.63) is 29.8 Å². The van der Waals surface area contributed by atoms with Gasteiger partial charge in [0, 0.05) is 19.9 Å². The number of aryl methyl sites for hydroxylation is 1. The summed E-state index contributed by atoms with van der Waals surface area (Å²) in [6.07, 6.45) is 7.48. The first kappa shape index (κ1) is 17.3. The molecule has 1 aromatic rings. The summed E-state index contributed by atoms with van der Waals surface area (Å²) in [7, 11) is -1.34. The molecule has 122 valence electrons. The first-order valence-electron chi connectivity index (χ1n) is 8.01. The van der Waals surface area contributed by atoms with E-state index in [0.29, 0.717) is 0 Å². The Labute approximate surface area is 135 Å². The Balaban J connectivity index is 1.64. The van der Waals surface area contributed by atoms with Gasteiger partial charge in [0.15, 0.2) is 17.3 Å². The standard InChI is InChI=1S/C17H25NO3S/c1-18-22(19)16-11-5-4-10-15(16)9-3-2-7-13-20-17-12-6-8-14-21-17/h4-5,10-11,17H,1-3,6-9,12-14H2. The van der Waals surface area contributed by atoms with E-state index in [4.69, 9.17) is 9.47 Å². The number of unbranched alkanes of at least 4 members (excludes halogenated alkanes) is 2. The molecular formula is C17H25NO3S. The molecule has 4 nitrogen and oxygen atoms in total. The highest BCUT2D eigenvalue weighted by Gasteiger charge is 2.13. The smallest absolute Gasteiger partial charge is 0.172 e. The monoisotopic (exact) mass is 323 g/mol. The van der Waals surface area contributed by atoms with Gasteiger partial charge in [-0.1, -0.05) is 24.6 Å². The molecule has 22 heavy (non-hydrogen) atoms. The maximum atomic E-state index is 11.8. The minimum Gasteiger partial charge on any atom is -0.353 e. The minimum absolute atomic E-state index is 0.00978. The zero-order valence-corrected chi connectivity index (χ0v) is 13.9. The van der Waals surface area contributed by atoms with E-state index in [0.717, 1.165) is 62.2 Å². The molecule has 0 N–H and O–H groups in total. The van der Waals surface area contributed by atoms with Crippen molar-refractivity contribution in [2.45, 2.75) is 56.1 Å². The van der Waals surface area contributed by atoms with Crippen LogP contribution in [0.25, 0.3) is 0 Å². The molecule has 0 spiro atoms. The van der Waals surface area contributed by atoms with E-state index < -0.39 is 11.0 Å². The lowest BCUT2D eigenvalue weighted by Gasteiger charge is -2.22. The average molecular weight is 323 g/mol. The molecule has 0 amide bonds. The van der Waals surface area contributed by atoms with E-state index in [9.17, 15) is 4.21 Å². The zero-order chi connectivity index (χ0) is 15.6. The summed E-state index contributed by atoms with van der Waals surface area (Å²) in [6.45, 7) is 4.95. The second-order valence-electron chi connectivity index (χ2n) is 5.46. The molecule has 1 aromatic carbocycles. The Hall–Kier alpha value is -1.04. The van der Waals surface area contributed by atoms with Crippen LogP contribution in [-0.4, -0.2) is 30.4 Å². The van der Waals surface area contributed by atoms with Crippen molar-refractivity contribution >= 4 is 17.7 Å². The molecule has 1 heterocycles. The van der Waals surface area contributed by atoms with E-state index in [-0.39, 0.29) is 6.29 Å². The van der Waals surface area contributed by atoms with Crippen LogP contribution in [-0.2, 0) is 26.9 Å². The highest BCUT2D eigenvalue weighted by Crippen LogP contribution is 2.18. The van der Waals surface area contributed by atoms with Crippen molar-refractivity contribution in [2.75, 3.05) is 13.2 Å². The first-order valence-corrected chi connectivity index (χ1v) is 9.11. The van der Waals surface area contributed by atoms with Crippen molar-refractivity contribution in [1.29, 1.82) is 0 Å². The second kappa shape index (κ2) is 9.87. The van der Waals surface area contributed by atoms with E-state index in [2.05, 4.69) is 11.1 Å². The fourth-order valence-corrected chi connectivity index (χ4v) is 3.33. The molecule has 5 heteroatoms. The van der Waals surface area contributed by atoms with Crippen LogP contribution >= 0.6 is 0 Å². The molecule has 2 atom stereocenters. The van der Waals surface area contributed by atoms with E-state index in [1.54, 1.807) is 0 Å². The summed E-state index contributed by atoms with van der Waals surface area (Å²) in [4.78, 5) is 0.782. The van der Waals surface area contributed by atoms with Gasteiger partial charge in [-0.2, -0.15) is 4.40 Å². The van der Waals surface area contributed by atoms with Gasteiger partial charge < -0.3 is 9.47 Å². The third kappa shape index (κ3) is 5.63. The number of hydrogen-bond acceptors (Lipinski definition) is 3. The summed E-state index contributed by atoms with van der Waals surface area (Å²) in [5, 5.41) is 0. The molecule has 0 radical (unpaired) electrons. The van der Waals surface area contributed by atoms with Crippen LogP contribution in [0.5, 0.6) is 0 Å². The lowest BCUT2D eigenvalue weighted by Crippen LogP contribution is -2.22. The second-order valence-corrected chi connectivity index (χ2v) is 6.66. The fourth-order valence-electron chi connectivity index (χ4n) is 2.60. The number of ether oxygens (including phenoxy) is 2. The predicted molar refractivity (Wildman–Crippen MR) is 89.5 cm³/mol. The number of benzene rings is 1. The molecule has 2 rings (SSSR count). The van der Waals surface area contributed by atoms with Gasteiger partial charge in [-0.3, -0.25) is 0 Å². The van der Waals surface area contributed by atoms with Crippen LogP contribution in [0.3, 0.4) is 0 Å². The highest BCUT2D eigenvalue weighted by atomic mass is 32.2. The van der Waals surface area contributed by atoms with Gasteiger partial charge in [-0.05, 0) is 50.2 Å². The van der Waals surface area contributed by atoms with Gasteiger partial charge in [0.25, 0.3) is 0 Å². The normalized spacial score (nSPS) is 19.7. The highest BCUT2D eigenvalue weighted by molar-refractivity contribution is 7.83. The van der Waals surface area contributed by atoms with Crippen molar-refractivity contribution in [3.8, 4) is 0 Å². The first-order chi connectivity index (χ1) is 10.8. The lowest BCUT2D eigenvalue weighted by atomic mass is 10.1. The van der Waals surface area contributed by atoms with Gasteiger partial charge in [0.1, 0.15) is 0 Å². The van der Waals surface area contributed by atoms with Crippen LogP contribution in [0.1, 0.15) is 44.1 Å². The fraction of sp³-hybridized carbons (Fsp3) is 0.588. The van der Waals surface area contributed by atoms with Gasteiger partial charge in [-0.15, -0.1) is 0 Å². The van der Waals surface area contributed by atoms with Crippen molar-refractivity contribution in [2.24, 2.45) is 4.40 Å². The Bertz CT molecular complexity index is 487. The Morgan fingerprint density at radius 1 is 1.27 bits per heavy atom. The third-order valence-electron chi connectivity index (χ3n) is 3.81. The van der Waals surface area contributed by atoms with Crippen LogP contribution in [0.15, 0.2) is 33.6 Å². The van der Waals surface area contributed by atoms with Crippen molar-refractivity contribution < 1.29 is 13.7 Å². The molecule has 1 aliphatic heterocycles. The van der Waals surface area contributed by atoms with E-state index in [1.165, 1.54) is 6.42 Å². The summed E-state index contributed by atoms with van der Waals surface area (Å²) < 4.78 is 26.7. The molecule has 2 unspecified atom stereocenters. The Morgan fingerprint density at radius 3 is 2.91 bits per heavy atom. The molecule has 1 saturated heterocycles. The number of rotatable bonds is 9. The van der Waals surface area contributed by atoms with Gasteiger partial charge in [0.2, 0.25) is 0 Å². The van der Waals surface area contributed by atoms with Gasteiger partial charge in [-0.25, -0.2) is 4.21 Å². The Morgan fingerprint density at radius 2 is 2.14 bits per heavy atom. The molecule has 0 bridgehead atoms. The maximum absolute atomic E-state index is 11.8. The van der Waals surface area contributed by atoms with E-state index >= 15 is 0 Å². The molecule has 1 aliphatic rings. The van der Waals surface area contributed by atoms with Gasteiger partial charge >= 0.3 is 0 Å². The van der Waals surface area contributed by atoms with Crippen LogP contribution in [0.4, 0.5) is 0 Å².